The molecule has 0 unspecified atom stereocenters. The zero-order valence-electron chi connectivity index (χ0n) is 6.95. The van der Waals surface area contributed by atoms with E-state index in [1.807, 2.05) is 0 Å². The Labute approximate surface area is 74.5 Å². The van der Waals surface area contributed by atoms with E-state index in [4.69, 9.17) is 9.84 Å². The molecule has 2 aliphatic heterocycles. The Bertz CT molecular complexity index is 259. The summed E-state index contributed by atoms with van der Waals surface area (Å²) in [6, 6.07) is 0. The maximum Gasteiger partial charge on any atom is 0.407 e. The lowest BCUT2D eigenvalue weighted by Crippen LogP contribution is -2.75. The number of carboxylic acid groups (broad SMARTS) is 1. The first-order chi connectivity index (χ1) is 6.11. The van der Waals surface area contributed by atoms with E-state index >= 15 is 0 Å². The molecule has 0 radical (unpaired) electrons. The van der Waals surface area contributed by atoms with E-state index in [-0.39, 0.29) is 12.5 Å². The van der Waals surface area contributed by atoms with Gasteiger partial charge in [0.1, 0.15) is 6.61 Å². The Morgan fingerprint density at radius 2 is 2.31 bits per heavy atom. The van der Waals surface area contributed by atoms with Crippen LogP contribution in [0.5, 0.6) is 0 Å². The molecule has 6 nitrogen and oxygen atoms in total. The van der Waals surface area contributed by atoms with Crippen molar-refractivity contribution in [2.75, 3.05) is 26.3 Å². The molecule has 2 saturated heterocycles. The minimum atomic E-state index is -0.953. The van der Waals surface area contributed by atoms with Gasteiger partial charge >= 0.3 is 6.09 Å². The van der Waals surface area contributed by atoms with Crippen molar-refractivity contribution in [1.82, 2.24) is 10.2 Å². The van der Waals surface area contributed by atoms with Crippen LogP contribution in [0.4, 0.5) is 4.79 Å². The van der Waals surface area contributed by atoms with Crippen LogP contribution in [0.2, 0.25) is 0 Å². The third-order valence-electron chi connectivity index (χ3n) is 2.27. The van der Waals surface area contributed by atoms with Crippen molar-refractivity contribution in [3.05, 3.63) is 0 Å². The first-order valence-corrected chi connectivity index (χ1v) is 3.98. The molecule has 2 heterocycles. The Morgan fingerprint density at radius 1 is 1.62 bits per heavy atom. The van der Waals surface area contributed by atoms with Crippen LogP contribution in [0.1, 0.15) is 0 Å². The second-order valence-electron chi connectivity index (χ2n) is 3.46. The van der Waals surface area contributed by atoms with E-state index in [0.717, 1.165) is 0 Å². The molecule has 13 heavy (non-hydrogen) atoms. The van der Waals surface area contributed by atoms with Gasteiger partial charge in [0, 0.05) is 0 Å². The number of nitrogens with one attached hydrogen (secondary N) is 1. The van der Waals surface area contributed by atoms with Gasteiger partial charge in [-0.05, 0) is 0 Å². The highest BCUT2D eigenvalue weighted by atomic mass is 16.5. The lowest BCUT2D eigenvalue weighted by Gasteiger charge is -2.50. The summed E-state index contributed by atoms with van der Waals surface area (Å²) in [4.78, 5) is 22.7. The fourth-order valence-electron chi connectivity index (χ4n) is 1.70. The molecule has 2 rings (SSSR count). The van der Waals surface area contributed by atoms with Crippen LogP contribution in [0.15, 0.2) is 0 Å². The van der Waals surface area contributed by atoms with E-state index in [2.05, 4.69) is 5.32 Å². The summed E-state index contributed by atoms with van der Waals surface area (Å²) >= 11 is 0. The lowest BCUT2D eigenvalue weighted by molar-refractivity contribution is -0.141. The fourth-order valence-corrected chi connectivity index (χ4v) is 1.70. The largest absolute Gasteiger partial charge is 0.465 e. The predicted molar refractivity (Wildman–Crippen MR) is 41.3 cm³/mol. The fraction of sp³-hybridized carbons (Fsp3) is 0.714. The summed E-state index contributed by atoms with van der Waals surface area (Å²) < 4.78 is 5.04. The van der Waals surface area contributed by atoms with Gasteiger partial charge in [-0.2, -0.15) is 0 Å². The van der Waals surface area contributed by atoms with Gasteiger partial charge in [0.15, 0.2) is 0 Å². The topological polar surface area (TPSA) is 78.9 Å². The SMILES string of the molecule is O=C1COCC2(CN(C(=O)O)C2)N1. The van der Waals surface area contributed by atoms with Gasteiger partial charge in [0.2, 0.25) is 5.91 Å². The van der Waals surface area contributed by atoms with Gasteiger partial charge in [0.25, 0.3) is 0 Å². The number of hydrogen-bond donors (Lipinski definition) is 2. The molecule has 2 aliphatic rings. The van der Waals surface area contributed by atoms with Gasteiger partial charge in [-0.25, -0.2) is 4.79 Å². The van der Waals surface area contributed by atoms with Gasteiger partial charge in [0.05, 0.1) is 25.2 Å². The zero-order chi connectivity index (χ0) is 9.47. The molecule has 2 amide bonds. The summed E-state index contributed by atoms with van der Waals surface area (Å²) in [5, 5.41) is 11.3. The Kier molecular flexibility index (Phi) is 1.66. The standard InChI is InChI=1S/C7H10N2O4/c10-5-1-13-4-7(8-5)2-9(3-7)6(11)12/h1-4H2,(H,8,10)(H,11,12). The Hall–Kier alpha value is -1.30. The highest BCUT2D eigenvalue weighted by Crippen LogP contribution is 2.23. The van der Waals surface area contributed by atoms with E-state index in [0.29, 0.717) is 19.7 Å². The summed E-state index contributed by atoms with van der Waals surface area (Å²) in [5.74, 6) is -0.170. The molecule has 0 aromatic rings. The van der Waals surface area contributed by atoms with Crippen molar-refractivity contribution in [2.24, 2.45) is 0 Å². The van der Waals surface area contributed by atoms with Crippen LogP contribution in [0.3, 0.4) is 0 Å². The number of nitrogens with zero attached hydrogens (tertiary/aromatic N) is 1. The van der Waals surface area contributed by atoms with Crippen molar-refractivity contribution in [2.45, 2.75) is 5.54 Å². The van der Waals surface area contributed by atoms with Gasteiger partial charge in [-0.1, -0.05) is 0 Å². The number of carbonyl (C=O) groups excluding carboxylic acids is 1. The number of morpholine rings is 1. The van der Waals surface area contributed by atoms with Crippen LogP contribution in [-0.4, -0.2) is 53.8 Å². The first-order valence-electron chi connectivity index (χ1n) is 3.98. The molecular weight excluding hydrogens is 176 g/mol. The zero-order valence-corrected chi connectivity index (χ0v) is 6.95. The number of hydrogen-bond acceptors (Lipinski definition) is 3. The quantitative estimate of drug-likeness (QED) is 0.501. The highest BCUT2D eigenvalue weighted by Gasteiger charge is 2.48. The van der Waals surface area contributed by atoms with Crippen molar-refractivity contribution < 1.29 is 19.4 Å². The van der Waals surface area contributed by atoms with Crippen molar-refractivity contribution in [3.63, 3.8) is 0 Å². The maximum atomic E-state index is 10.9. The number of likely N-dealkylation sites (tertiary alicyclic amines) is 1. The van der Waals surface area contributed by atoms with Crippen LogP contribution >= 0.6 is 0 Å². The van der Waals surface area contributed by atoms with Crippen LogP contribution < -0.4 is 5.32 Å². The maximum absolute atomic E-state index is 10.9. The van der Waals surface area contributed by atoms with Crippen molar-refractivity contribution >= 4 is 12.0 Å². The van der Waals surface area contributed by atoms with Gasteiger partial charge in [-0.15, -0.1) is 0 Å². The summed E-state index contributed by atoms with van der Waals surface area (Å²) in [6.45, 7) is 1.14. The number of carbonyl (C=O) groups is 2. The number of rotatable bonds is 0. The predicted octanol–water partition coefficient (Wildman–Crippen LogP) is -1.13. The monoisotopic (exact) mass is 186 g/mol. The summed E-state index contributed by atoms with van der Waals surface area (Å²) in [6.07, 6.45) is -0.953. The van der Waals surface area contributed by atoms with E-state index in [1.165, 1.54) is 4.90 Å². The summed E-state index contributed by atoms with van der Waals surface area (Å²) in [5.41, 5.74) is -0.451. The molecule has 72 valence electrons. The minimum Gasteiger partial charge on any atom is -0.465 e. The minimum absolute atomic E-state index is 0.0782. The highest BCUT2D eigenvalue weighted by molar-refractivity contribution is 5.79. The molecule has 0 aliphatic carbocycles. The van der Waals surface area contributed by atoms with E-state index in [1.54, 1.807) is 0 Å². The normalized spacial score (nSPS) is 25.2. The van der Waals surface area contributed by atoms with Crippen LogP contribution in [0.25, 0.3) is 0 Å². The van der Waals surface area contributed by atoms with Gasteiger partial charge < -0.3 is 20.1 Å². The number of ether oxygens (including phenoxy) is 1. The average molecular weight is 186 g/mol. The molecule has 0 aromatic carbocycles. The molecule has 2 fully saturated rings. The van der Waals surface area contributed by atoms with Crippen LogP contribution in [0, 0.1) is 0 Å². The third kappa shape index (κ3) is 1.33. The second-order valence-corrected chi connectivity index (χ2v) is 3.46. The Balaban J connectivity index is 1.95. The molecule has 1 spiro atoms. The molecule has 0 saturated carbocycles. The van der Waals surface area contributed by atoms with Crippen LogP contribution in [-0.2, 0) is 9.53 Å². The average Bonchev–Trinajstić information content (AvgIpc) is 1.99. The molecular formula is C7H10N2O4. The second kappa shape index (κ2) is 2.59. The smallest absolute Gasteiger partial charge is 0.407 e. The number of amides is 2. The molecule has 0 bridgehead atoms. The van der Waals surface area contributed by atoms with E-state index < -0.39 is 11.6 Å². The van der Waals surface area contributed by atoms with Crippen molar-refractivity contribution in [1.29, 1.82) is 0 Å². The van der Waals surface area contributed by atoms with E-state index in [9.17, 15) is 9.59 Å². The van der Waals surface area contributed by atoms with Crippen molar-refractivity contribution in [3.8, 4) is 0 Å². The molecule has 6 heteroatoms. The molecule has 0 atom stereocenters. The molecule has 2 N–H and O–H groups in total. The Morgan fingerprint density at radius 3 is 2.85 bits per heavy atom. The molecule has 0 aromatic heterocycles. The summed E-state index contributed by atoms with van der Waals surface area (Å²) in [7, 11) is 0. The lowest BCUT2D eigenvalue weighted by atomic mass is 9.90. The van der Waals surface area contributed by atoms with Gasteiger partial charge in [-0.3, -0.25) is 4.79 Å². The third-order valence-corrected chi connectivity index (χ3v) is 2.27. The first kappa shape index (κ1) is 8.31.